The van der Waals surface area contributed by atoms with E-state index in [4.69, 9.17) is 4.74 Å². The molecule has 9 heavy (non-hydrogen) atoms. The molecule has 0 unspecified atom stereocenters. The summed E-state index contributed by atoms with van der Waals surface area (Å²) in [5, 5.41) is 0. The molecule has 0 aromatic carbocycles. The van der Waals surface area contributed by atoms with E-state index in [0.717, 1.165) is 0 Å². The molecule has 2 nitrogen and oxygen atoms in total. The molecule has 0 N–H and O–H groups in total. The third-order valence-electron chi connectivity index (χ3n) is 1.11. The van der Waals surface area contributed by atoms with Gasteiger partial charge in [0.1, 0.15) is 6.10 Å². The van der Waals surface area contributed by atoms with Gasteiger partial charge in [-0.15, -0.1) is 6.58 Å². The van der Waals surface area contributed by atoms with Gasteiger partial charge in [0.25, 0.3) is 0 Å². The van der Waals surface area contributed by atoms with Gasteiger partial charge in [0, 0.05) is 12.5 Å². The Hall–Kier alpha value is -1.05. The molecule has 0 saturated carbocycles. The second kappa shape index (κ2) is 2.49. The van der Waals surface area contributed by atoms with Crippen LogP contribution < -0.4 is 0 Å². The first-order chi connectivity index (χ1) is 4.33. The van der Waals surface area contributed by atoms with Crippen molar-refractivity contribution >= 4 is 5.97 Å². The van der Waals surface area contributed by atoms with Crippen molar-refractivity contribution < 1.29 is 9.53 Å². The van der Waals surface area contributed by atoms with E-state index in [1.807, 2.05) is 0 Å². The average molecular weight is 124 g/mol. The molecule has 0 fully saturated rings. The fraction of sp³-hybridized carbons (Fsp3) is 0.286. The molecule has 0 aliphatic carbocycles. The van der Waals surface area contributed by atoms with Crippen LogP contribution in [0.1, 0.15) is 6.42 Å². The Labute approximate surface area is 53.8 Å². The van der Waals surface area contributed by atoms with Gasteiger partial charge in [0.05, 0.1) is 0 Å². The van der Waals surface area contributed by atoms with Gasteiger partial charge in [-0.3, -0.25) is 0 Å². The molecule has 0 radical (unpaired) electrons. The maximum absolute atomic E-state index is 10.4. The average Bonchev–Trinajstić information content (AvgIpc) is 2.17. The van der Waals surface area contributed by atoms with Crippen LogP contribution in [-0.4, -0.2) is 12.1 Å². The largest absolute Gasteiger partial charge is 0.455 e. The van der Waals surface area contributed by atoms with Crippen LogP contribution in [0.2, 0.25) is 0 Å². The third kappa shape index (κ3) is 1.42. The van der Waals surface area contributed by atoms with E-state index >= 15 is 0 Å². The molecule has 1 aliphatic rings. The molecule has 0 aromatic heterocycles. The van der Waals surface area contributed by atoms with Gasteiger partial charge in [-0.2, -0.15) is 0 Å². The zero-order valence-corrected chi connectivity index (χ0v) is 5.04. The molecule has 48 valence electrons. The molecule has 1 heterocycles. The predicted octanol–water partition coefficient (Wildman–Crippen LogP) is 1.04. The van der Waals surface area contributed by atoms with E-state index in [1.165, 1.54) is 6.08 Å². The van der Waals surface area contributed by atoms with Crippen LogP contribution in [0, 0.1) is 0 Å². The lowest BCUT2D eigenvalue weighted by Crippen LogP contribution is -2.05. The van der Waals surface area contributed by atoms with Crippen LogP contribution in [0.15, 0.2) is 24.8 Å². The van der Waals surface area contributed by atoms with Crippen molar-refractivity contribution in [1.29, 1.82) is 0 Å². The van der Waals surface area contributed by atoms with Gasteiger partial charge in [-0.25, -0.2) is 4.79 Å². The number of rotatable bonds is 2. The summed E-state index contributed by atoms with van der Waals surface area (Å²) in [4.78, 5) is 10.4. The van der Waals surface area contributed by atoms with Gasteiger partial charge in [-0.05, 0) is 6.08 Å². The van der Waals surface area contributed by atoms with Gasteiger partial charge in [0.2, 0.25) is 0 Å². The van der Waals surface area contributed by atoms with E-state index in [0.29, 0.717) is 6.42 Å². The van der Waals surface area contributed by atoms with Crippen LogP contribution in [-0.2, 0) is 9.53 Å². The summed E-state index contributed by atoms with van der Waals surface area (Å²) >= 11 is 0. The molecular weight excluding hydrogens is 116 g/mol. The molecule has 1 rings (SSSR count). The summed E-state index contributed by atoms with van der Waals surface area (Å²) in [5.74, 6) is -0.248. The fourth-order valence-corrected chi connectivity index (χ4v) is 0.705. The molecule has 1 atom stereocenters. The molecule has 0 saturated heterocycles. The minimum atomic E-state index is -0.248. The van der Waals surface area contributed by atoms with E-state index in [-0.39, 0.29) is 12.1 Å². The summed E-state index contributed by atoms with van der Waals surface area (Å²) in [6.07, 6.45) is 5.56. The van der Waals surface area contributed by atoms with Gasteiger partial charge in [-0.1, -0.05) is 6.08 Å². The van der Waals surface area contributed by atoms with Gasteiger partial charge >= 0.3 is 5.97 Å². The maximum Gasteiger partial charge on any atom is 0.331 e. The number of hydrogen-bond donors (Lipinski definition) is 0. The lowest BCUT2D eigenvalue weighted by molar-refractivity contribution is -0.138. The fourth-order valence-electron chi connectivity index (χ4n) is 0.705. The Morgan fingerprint density at radius 2 is 2.67 bits per heavy atom. The summed E-state index contributed by atoms with van der Waals surface area (Å²) in [6, 6.07) is 0. The first-order valence-electron chi connectivity index (χ1n) is 2.82. The molecular formula is C7H8O2. The van der Waals surface area contributed by atoms with Crippen LogP contribution in [0.5, 0.6) is 0 Å². The minimum absolute atomic E-state index is 0.0602. The molecule has 0 spiro atoms. The molecule has 0 aromatic rings. The van der Waals surface area contributed by atoms with Crippen LogP contribution in [0.4, 0.5) is 0 Å². The van der Waals surface area contributed by atoms with Crippen LogP contribution in [0.25, 0.3) is 0 Å². The Balaban J connectivity index is 2.40. The standard InChI is InChI=1S/C7H8O2/c1-2-3-6-4-5-7(8)9-6/h2,4-6H,1,3H2/t6-/m0/s1. The van der Waals surface area contributed by atoms with E-state index < -0.39 is 0 Å². The highest BCUT2D eigenvalue weighted by Crippen LogP contribution is 2.08. The van der Waals surface area contributed by atoms with Crippen molar-refractivity contribution in [1.82, 2.24) is 0 Å². The van der Waals surface area contributed by atoms with Crippen molar-refractivity contribution in [3.05, 3.63) is 24.8 Å². The van der Waals surface area contributed by atoms with Crippen molar-refractivity contribution in [2.24, 2.45) is 0 Å². The lowest BCUT2D eigenvalue weighted by Gasteiger charge is -2.02. The number of hydrogen-bond acceptors (Lipinski definition) is 2. The van der Waals surface area contributed by atoms with E-state index in [1.54, 1.807) is 12.2 Å². The number of carbonyl (C=O) groups is 1. The van der Waals surface area contributed by atoms with Gasteiger partial charge < -0.3 is 4.74 Å². The Morgan fingerprint density at radius 3 is 3.11 bits per heavy atom. The topological polar surface area (TPSA) is 26.3 Å². The van der Waals surface area contributed by atoms with Crippen molar-refractivity contribution in [3.63, 3.8) is 0 Å². The highest BCUT2D eigenvalue weighted by atomic mass is 16.5. The molecule has 2 heteroatoms. The predicted molar refractivity (Wildman–Crippen MR) is 33.8 cm³/mol. The van der Waals surface area contributed by atoms with Crippen molar-refractivity contribution in [3.8, 4) is 0 Å². The summed E-state index contributed by atoms with van der Waals surface area (Å²) in [7, 11) is 0. The van der Waals surface area contributed by atoms with E-state index in [9.17, 15) is 4.79 Å². The van der Waals surface area contributed by atoms with Crippen molar-refractivity contribution in [2.75, 3.05) is 0 Å². The molecule has 0 bridgehead atoms. The molecule has 0 amide bonds. The van der Waals surface area contributed by atoms with E-state index in [2.05, 4.69) is 6.58 Å². The first kappa shape index (κ1) is 6.08. The zero-order chi connectivity index (χ0) is 6.69. The number of esters is 1. The number of carbonyl (C=O) groups excluding carboxylic acids is 1. The first-order valence-corrected chi connectivity index (χ1v) is 2.82. The highest BCUT2D eigenvalue weighted by Gasteiger charge is 2.13. The Kier molecular flexibility index (Phi) is 1.68. The summed E-state index contributed by atoms with van der Waals surface area (Å²) in [5.41, 5.74) is 0. The normalized spacial score (nSPS) is 24.0. The second-order valence-corrected chi connectivity index (χ2v) is 1.86. The zero-order valence-electron chi connectivity index (χ0n) is 5.04. The smallest absolute Gasteiger partial charge is 0.331 e. The Bertz CT molecular complexity index is 158. The highest BCUT2D eigenvalue weighted by molar-refractivity contribution is 5.84. The third-order valence-corrected chi connectivity index (χ3v) is 1.11. The number of cyclic esters (lactones) is 1. The minimum Gasteiger partial charge on any atom is -0.455 e. The number of ether oxygens (including phenoxy) is 1. The Morgan fingerprint density at radius 1 is 1.89 bits per heavy atom. The summed E-state index contributed by atoms with van der Waals surface area (Å²) in [6.45, 7) is 3.52. The quantitative estimate of drug-likeness (QED) is 0.406. The SMILES string of the molecule is C=CC[C@H]1C=CC(=O)O1. The second-order valence-electron chi connectivity index (χ2n) is 1.86. The molecule has 1 aliphatic heterocycles. The monoisotopic (exact) mass is 124 g/mol. The summed E-state index contributed by atoms with van der Waals surface area (Å²) < 4.78 is 4.78. The maximum atomic E-state index is 10.4. The lowest BCUT2D eigenvalue weighted by atomic mass is 10.2. The van der Waals surface area contributed by atoms with Gasteiger partial charge in [0.15, 0.2) is 0 Å². The van der Waals surface area contributed by atoms with Crippen LogP contribution >= 0.6 is 0 Å². The van der Waals surface area contributed by atoms with Crippen LogP contribution in [0.3, 0.4) is 0 Å². The van der Waals surface area contributed by atoms with Crippen molar-refractivity contribution in [2.45, 2.75) is 12.5 Å².